The number of halogens is 4. The SMILES string of the molecule is Cc1ccc2c(c1)OCC(=O)N2CC(=O)Nc1ccc(Cl)c(C(F)(F)F)c1. The van der Waals surface area contributed by atoms with E-state index >= 15 is 0 Å². The van der Waals surface area contributed by atoms with Crippen LogP contribution in [0.15, 0.2) is 36.4 Å². The first-order chi connectivity index (χ1) is 12.6. The number of nitrogens with zero attached hydrogens (tertiary/aromatic N) is 1. The van der Waals surface area contributed by atoms with Gasteiger partial charge in [-0.2, -0.15) is 13.2 Å². The molecule has 1 heterocycles. The third-order valence-electron chi connectivity index (χ3n) is 3.92. The predicted molar refractivity (Wildman–Crippen MR) is 94.1 cm³/mol. The number of carbonyl (C=O) groups is 2. The summed E-state index contributed by atoms with van der Waals surface area (Å²) in [7, 11) is 0. The predicted octanol–water partition coefficient (Wildman–Crippen LogP) is 4.03. The van der Waals surface area contributed by atoms with Gasteiger partial charge in [0.1, 0.15) is 12.3 Å². The van der Waals surface area contributed by atoms with Gasteiger partial charge in [-0.05, 0) is 42.8 Å². The lowest BCUT2D eigenvalue weighted by atomic mass is 10.1. The van der Waals surface area contributed by atoms with E-state index < -0.39 is 28.6 Å². The minimum Gasteiger partial charge on any atom is -0.482 e. The quantitative estimate of drug-likeness (QED) is 0.849. The number of benzene rings is 2. The molecule has 0 atom stereocenters. The lowest BCUT2D eigenvalue weighted by Crippen LogP contribution is -2.43. The Morgan fingerprint density at radius 2 is 2.00 bits per heavy atom. The lowest BCUT2D eigenvalue weighted by molar-refractivity contribution is -0.137. The van der Waals surface area contributed by atoms with Gasteiger partial charge < -0.3 is 10.1 Å². The molecule has 3 rings (SSSR count). The van der Waals surface area contributed by atoms with Crippen molar-refractivity contribution in [2.75, 3.05) is 23.4 Å². The highest BCUT2D eigenvalue weighted by molar-refractivity contribution is 6.31. The van der Waals surface area contributed by atoms with Gasteiger partial charge in [0.05, 0.1) is 16.3 Å². The minimum atomic E-state index is -4.64. The number of fused-ring (bicyclic) bond motifs is 1. The Hall–Kier alpha value is -2.74. The fraction of sp³-hybridized carbons (Fsp3) is 0.222. The molecule has 0 spiro atoms. The van der Waals surface area contributed by atoms with E-state index in [2.05, 4.69) is 5.32 Å². The summed E-state index contributed by atoms with van der Waals surface area (Å²) in [6.45, 7) is 1.28. The molecular formula is C18H14ClF3N2O3. The molecule has 0 radical (unpaired) electrons. The molecule has 27 heavy (non-hydrogen) atoms. The van der Waals surface area contributed by atoms with E-state index in [1.54, 1.807) is 18.2 Å². The monoisotopic (exact) mass is 398 g/mol. The summed E-state index contributed by atoms with van der Waals surface area (Å²) in [5.74, 6) is -0.603. The number of carbonyl (C=O) groups excluding carboxylic acids is 2. The Morgan fingerprint density at radius 1 is 1.26 bits per heavy atom. The van der Waals surface area contributed by atoms with Crippen molar-refractivity contribution in [1.29, 1.82) is 0 Å². The van der Waals surface area contributed by atoms with E-state index in [9.17, 15) is 22.8 Å². The van der Waals surface area contributed by atoms with Crippen LogP contribution in [0.1, 0.15) is 11.1 Å². The zero-order valence-corrected chi connectivity index (χ0v) is 14.8. The summed E-state index contributed by atoms with van der Waals surface area (Å²) in [5.41, 5.74) is 0.235. The Bertz CT molecular complexity index is 915. The number of hydrogen-bond acceptors (Lipinski definition) is 3. The highest BCUT2D eigenvalue weighted by atomic mass is 35.5. The molecule has 1 aliphatic heterocycles. The molecule has 5 nitrogen and oxygen atoms in total. The van der Waals surface area contributed by atoms with E-state index in [0.717, 1.165) is 17.7 Å². The average Bonchev–Trinajstić information content (AvgIpc) is 2.58. The summed E-state index contributed by atoms with van der Waals surface area (Å²) >= 11 is 5.56. The zero-order valence-electron chi connectivity index (χ0n) is 14.1. The van der Waals surface area contributed by atoms with Crippen LogP contribution in [0, 0.1) is 6.92 Å². The van der Waals surface area contributed by atoms with Crippen LogP contribution in [0.4, 0.5) is 24.5 Å². The first-order valence-corrected chi connectivity index (χ1v) is 8.23. The van der Waals surface area contributed by atoms with Crippen LogP contribution in [-0.4, -0.2) is 25.0 Å². The molecule has 0 saturated heterocycles. The summed E-state index contributed by atoms with van der Waals surface area (Å²) in [4.78, 5) is 25.6. The van der Waals surface area contributed by atoms with Gasteiger partial charge in [0, 0.05) is 5.69 Å². The standard InChI is InChI=1S/C18H14ClF3N2O3/c1-10-2-5-14-15(6-10)27-9-17(26)24(14)8-16(25)23-11-3-4-13(19)12(7-11)18(20,21)22/h2-7H,8-9H2,1H3,(H,23,25). The van der Waals surface area contributed by atoms with Crippen molar-refractivity contribution in [1.82, 2.24) is 0 Å². The van der Waals surface area contributed by atoms with E-state index in [4.69, 9.17) is 16.3 Å². The topological polar surface area (TPSA) is 58.6 Å². The third-order valence-corrected chi connectivity index (χ3v) is 4.25. The second kappa shape index (κ2) is 7.11. The van der Waals surface area contributed by atoms with Gasteiger partial charge in [0.2, 0.25) is 5.91 Å². The normalized spacial score (nSPS) is 13.8. The molecule has 0 unspecified atom stereocenters. The van der Waals surface area contributed by atoms with Crippen molar-refractivity contribution in [2.45, 2.75) is 13.1 Å². The van der Waals surface area contributed by atoms with Crippen molar-refractivity contribution in [2.24, 2.45) is 0 Å². The van der Waals surface area contributed by atoms with Gasteiger partial charge in [-0.25, -0.2) is 0 Å². The summed E-state index contributed by atoms with van der Waals surface area (Å²) in [5, 5.41) is 1.89. The van der Waals surface area contributed by atoms with Gasteiger partial charge in [-0.15, -0.1) is 0 Å². The number of anilines is 2. The van der Waals surface area contributed by atoms with Gasteiger partial charge in [0.25, 0.3) is 5.91 Å². The summed E-state index contributed by atoms with van der Waals surface area (Å²) in [6, 6.07) is 8.21. The van der Waals surface area contributed by atoms with Crippen LogP contribution in [0.3, 0.4) is 0 Å². The van der Waals surface area contributed by atoms with Crippen LogP contribution in [0.5, 0.6) is 5.75 Å². The second-order valence-electron chi connectivity index (χ2n) is 5.98. The minimum absolute atomic E-state index is 0.0680. The molecule has 2 aromatic rings. The molecule has 0 fully saturated rings. The van der Waals surface area contributed by atoms with Crippen LogP contribution >= 0.6 is 11.6 Å². The maximum Gasteiger partial charge on any atom is 0.417 e. The molecule has 142 valence electrons. The largest absolute Gasteiger partial charge is 0.482 e. The Morgan fingerprint density at radius 3 is 2.70 bits per heavy atom. The average molecular weight is 399 g/mol. The summed E-state index contributed by atoms with van der Waals surface area (Å²) < 4.78 is 44.1. The molecule has 0 aliphatic carbocycles. The highest BCUT2D eigenvalue weighted by Crippen LogP contribution is 2.36. The second-order valence-corrected chi connectivity index (χ2v) is 6.39. The number of amides is 2. The van der Waals surface area contributed by atoms with Crippen LogP contribution in [0.25, 0.3) is 0 Å². The number of nitrogens with one attached hydrogen (secondary N) is 1. The molecule has 1 N–H and O–H groups in total. The van der Waals surface area contributed by atoms with Crippen molar-refractivity contribution in [3.63, 3.8) is 0 Å². The fourth-order valence-corrected chi connectivity index (χ4v) is 2.87. The molecule has 9 heteroatoms. The number of aryl methyl sites for hydroxylation is 1. The maximum atomic E-state index is 12.9. The van der Waals surface area contributed by atoms with Crippen LogP contribution < -0.4 is 15.0 Å². The molecule has 0 saturated carbocycles. The molecule has 0 bridgehead atoms. The van der Waals surface area contributed by atoms with Crippen molar-refractivity contribution in [3.05, 3.63) is 52.5 Å². The van der Waals surface area contributed by atoms with Crippen LogP contribution in [-0.2, 0) is 15.8 Å². The Kier molecular flexibility index (Phi) is 5.01. The molecule has 2 aromatic carbocycles. The number of alkyl halides is 3. The smallest absolute Gasteiger partial charge is 0.417 e. The van der Waals surface area contributed by atoms with Crippen molar-refractivity contribution >= 4 is 34.8 Å². The van der Waals surface area contributed by atoms with E-state index in [0.29, 0.717) is 11.4 Å². The van der Waals surface area contributed by atoms with Crippen molar-refractivity contribution < 1.29 is 27.5 Å². The Balaban J connectivity index is 1.78. The number of rotatable bonds is 3. The van der Waals surface area contributed by atoms with Crippen molar-refractivity contribution in [3.8, 4) is 5.75 Å². The first-order valence-electron chi connectivity index (χ1n) is 7.85. The van der Waals surface area contributed by atoms with Gasteiger partial charge in [0.15, 0.2) is 6.61 Å². The third kappa shape index (κ3) is 4.16. The number of ether oxygens (including phenoxy) is 1. The molecular weight excluding hydrogens is 385 g/mol. The zero-order chi connectivity index (χ0) is 19.8. The first kappa shape index (κ1) is 19.0. The highest BCUT2D eigenvalue weighted by Gasteiger charge is 2.33. The van der Waals surface area contributed by atoms with E-state index in [-0.39, 0.29) is 18.8 Å². The molecule has 0 aromatic heterocycles. The summed E-state index contributed by atoms with van der Waals surface area (Å²) in [6.07, 6.45) is -4.64. The van der Waals surface area contributed by atoms with E-state index in [1.165, 1.54) is 11.0 Å². The maximum absolute atomic E-state index is 12.9. The van der Waals surface area contributed by atoms with E-state index in [1.807, 2.05) is 6.92 Å². The van der Waals surface area contributed by atoms with Gasteiger partial charge in [-0.3, -0.25) is 14.5 Å². The van der Waals surface area contributed by atoms with Crippen LogP contribution in [0.2, 0.25) is 5.02 Å². The number of hydrogen-bond donors (Lipinski definition) is 1. The lowest BCUT2D eigenvalue weighted by Gasteiger charge is -2.29. The van der Waals surface area contributed by atoms with Gasteiger partial charge in [-0.1, -0.05) is 17.7 Å². The fourth-order valence-electron chi connectivity index (χ4n) is 2.65. The van der Waals surface area contributed by atoms with Gasteiger partial charge >= 0.3 is 6.18 Å². The molecule has 1 aliphatic rings. The Labute approximate surface area is 157 Å². The molecule has 2 amide bonds.